The summed E-state index contributed by atoms with van der Waals surface area (Å²) in [6.45, 7) is 3.66. The number of hydrogen-bond acceptors (Lipinski definition) is 9. The van der Waals surface area contributed by atoms with Crippen molar-refractivity contribution in [3.05, 3.63) is 95.6 Å². The number of amides is 2. The zero-order valence-corrected chi connectivity index (χ0v) is 26.2. The SMILES string of the molecule is CCOC(=O)[C@@H](N)CCC(=O)N[C@@H](CSCc1ccc(-c2ccccc2C#N)cc1)C(=O)N[C@@H](C(=O)OCC)c1ccccc1. The summed E-state index contributed by atoms with van der Waals surface area (Å²) >= 11 is 1.43. The molecule has 45 heavy (non-hydrogen) atoms. The van der Waals surface area contributed by atoms with Crippen molar-refractivity contribution >= 4 is 35.5 Å². The van der Waals surface area contributed by atoms with Crippen LogP contribution in [0.4, 0.5) is 0 Å². The normalized spacial score (nSPS) is 12.6. The molecule has 0 aromatic heterocycles. The molecule has 4 N–H and O–H groups in total. The maximum Gasteiger partial charge on any atom is 0.333 e. The number of benzene rings is 3. The van der Waals surface area contributed by atoms with E-state index in [1.54, 1.807) is 50.2 Å². The van der Waals surface area contributed by atoms with E-state index < -0.39 is 41.9 Å². The third-order valence-electron chi connectivity index (χ3n) is 6.73. The second-order valence-electron chi connectivity index (χ2n) is 9.99. The van der Waals surface area contributed by atoms with Gasteiger partial charge in [0.15, 0.2) is 6.04 Å². The zero-order chi connectivity index (χ0) is 32.6. The summed E-state index contributed by atoms with van der Waals surface area (Å²) in [5.41, 5.74) is 9.71. The molecule has 0 unspecified atom stereocenters. The Morgan fingerprint density at radius 2 is 1.51 bits per heavy atom. The summed E-state index contributed by atoms with van der Waals surface area (Å²) in [6.07, 6.45) is -0.0526. The van der Waals surface area contributed by atoms with Crippen molar-refractivity contribution in [2.24, 2.45) is 5.73 Å². The van der Waals surface area contributed by atoms with Gasteiger partial charge in [0, 0.05) is 17.9 Å². The monoisotopic (exact) mass is 630 g/mol. The van der Waals surface area contributed by atoms with Crippen LogP contribution >= 0.6 is 11.8 Å². The number of carbonyl (C=O) groups excluding carboxylic acids is 4. The lowest BCUT2D eigenvalue weighted by atomic mass is 10.00. The van der Waals surface area contributed by atoms with Gasteiger partial charge in [-0.25, -0.2) is 4.79 Å². The number of esters is 2. The zero-order valence-electron chi connectivity index (χ0n) is 25.4. The Bertz CT molecular complexity index is 1480. The van der Waals surface area contributed by atoms with Crippen molar-refractivity contribution in [2.45, 2.75) is 50.6 Å². The van der Waals surface area contributed by atoms with Crippen molar-refractivity contribution in [2.75, 3.05) is 19.0 Å². The van der Waals surface area contributed by atoms with Crippen LogP contribution in [-0.2, 0) is 34.4 Å². The molecular weight excluding hydrogens is 592 g/mol. The molecule has 3 aromatic rings. The first-order valence-electron chi connectivity index (χ1n) is 14.7. The summed E-state index contributed by atoms with van der Waals surface area (Å²) < 4.78 is 10.1. The van der Waals surface area contributed by atoms with Crippen molar-refractivity contribution < 1.29 is 28.7 Å². The number of rotatable bonds is 16. The molecule has 0 aliphatic rings. The minimum atomic E-state index is -1.07. The Labute approximate surface area is 267 Å². The fourth-order valence-corrected chi connectivity index (χ4v) is 5.42. The summed E-state index contributed by atoms with van der Waals surface area (Å²) in [5.74, 6) is -1.51. The Morgan fingerprint density at radius 1 is 0.867 bits per heavy atom. The van der Waals surface area contributed by atoms with E-state index in [-0.39, 0.29) is 31.8 Å². The topological polar surface area (TPSA) is 161 Å². The van der Waals surface area contributed by atoms with Crippen molar-refractivity contribution in [3.63, 3.8) is 0 Å². The highest BCUT2D eigenvalue weighted by atomic mass is 32.2. The molecular formula is C34H38N4O6S. The molecule has 0 heterocycles. The first-order valence-corrected chi connectivity index (χ1v) is 15.8. The third kappa shape index (κ3) is 10.8. The van der Waals surface area contributed by atoms with E-state index >= 15 is 0 Å². The molecule has 0 saturated heterocycles. The second-order valence-corrected chi connectivity index (χ2v) is 11.0. The van der Waals surface area contributed by atoms with Crippen LogP contribution in [0.25, 0.3) is 11.1 Å². The molecule has 236 valence electrons. The summed E-state index contributed by atoms with van der Waals surface area (Å²) in [4.78, 5) is 51.1. The molecule has 0 bridgehead atoms. The standard InChI is InChI=1S/C34H38N4O6S/c1-3-43-33(41)28(36)18-19-30(39)37-29(32(40)38-31(34(42)44-4-2)25-10-6-5-7-11-25)22-45-21-23-14-16-24(17-15-23)27-13-9-8-12-26(27)20-35/h5-17,28-29,31H,3-4,18-19,21-22,36H2,1-2H3,(H,37,39)(H,38,40)/t28-,29-,31+/m0/s1. The fraction of sp³-hybridized carbons (Fsp3) is 0.324. The number of hydrogen-bond donors (Lipinski definition) is 3. The van der Waals surface area contributed by atoms with Crippen LogP contribution in [0.1, 0.15) is 49.4 Å². The minimum absolute atomic E-state index is 0.0445. The van der Waals surface area contributed by atoms with Crippen molar-refractivity contribution in [1.82, 2.24) is 10.6 Å². The van der Waals surface area contributed by atoms with Gasteiger partial charge in [0.1, 0.15) is 12.1 Å². The Balaban J connectivity index is 1.71. The van der Waals surface area contributed by atoms with Gasteiger partial charge in [-0.05, 0) is 48.6 Å². The lowest BCUT2D eigenvalue weighted by molar-refractivity contribution is -0.147. The molecule has 0 radical (unpaired) electrons. The van der Waals surface area contributed by atoms with E-state index in [0.717, 1.165) is 16.7 Å². The van der Waals surface area contributed by atoms with Gasteiger partial charge >= 0.3 is 11.9 Å². The average Bonchev–Trinajstić information content (AvgIpc) is 3.06. The number of carbonyl (C=O) groups is 4. The Hall–Kier alpha value is -4.66. The summed E-state index contributed by atoms with van der Waals surface area (Å²) in [5, 5.41) is 14.9. The molecule has 3 rings (SSSR count). The van der Waals surface area contributed by atoms with Crippen LogP contribution in [-0.4, -0.2) is 54.8 Å². The van der Waals surface area contributed by atoms with Crippen LogP contribution in [0.3, 0.4) is 0 Å². The first-order chi connectivity index (χ1) is 21.8. The van der Waals surface area contributed by atoms with E-state index in [9.17, 15) is 24.4 Å². The molecule has 3 atom stereocenters. The van der Waals surface area contributed by atoms with Crippen LogP contribution in [0.5, 0.6) is 0 Å². The summed E-state index contributed by atoms with van der Waals surface area (Å²) in [7, 11) is 0. The number of thioether (sulfide) groups is 1. The molecule has 0 aliphatic carbocycles. The maximum atomic E-state index is 13.5. The predicted octanol–water partition coefficient (Wildman–Crippen LogP) is 4.03. The fourth-order valence-electron chi connectivity index (χ4n) is 4.40. The van der Waals surface area contributed by atoms with E-state index in [1.165, 1.54) is 11.8 Å². The number of nitrogens with two attached hydrogens (primary N) is 1. The first kappa shape index (κ1) is 34.8. The lowest BCUT2D eigenvalue weighted by Crippen LogP contribution is -2.50. The van der Waals surface area contributed by atoms with Gasteiger partial charge < -0.3 is 25.8 Å². The van der Waals surface area contributed by atoms with Gasteiger partial charge in [0.25, 0.3) is 0 Å². The minimum Gasteiger partial charge on any atom is -0.465 e. The Kier molecular flexibility index (Phi) is 14.1. The highest BCUT2D eigenvalue weighted by Gasteiger charge is 2.29. The highest BCUT2D eigenvalue weighted by Crippen LogP contribution is 2.25. The van der Waals surface area contributed by atoms with E-state index in [2.05, 4.69) is 16.7 Å². The number of ether oxygens (including phenoxy) is 2. The quantitative estimate of drug-likeness (QED) is 0.199. The Morgan fingerprint density at radius 3 is 2.18 bits per heavy atom. The molecule has 0 fully saturated rings. The van der Waals surface area contributed by atoms with Crippen LogP contribution in [0.2, 0.25) is 0 Å². The van der Waals surface area contributed by atoms with Gasteiger partial charge in [-0.15, -0.1) is 0 Å². The summed E-state index contributed by atoms with van der Waals surface area (Å²) in [6, 6.07) is 23.0. The van der Waals surface area contributed by atoms with Crippen molar-refractivity contribution in [1.29, 1.82) is 5.26 Å². The predicted molar refractivity (Wildman–Crippen MR) is 172 cm³/mol. The number of nitriles is 1. The molecule has 10 nitrogen and oxygen atoms in total. The molecule has 2 amide bonds. The van der Waals surface area contributed by atoms with Crippen LogP contribution < -0.4 is 16.4 Å². The molecule has 0 spiro atoms. The maximum absolute atomic E-state index is 13.5. The van der Waals surface area contributed by atoms with Gasteiger partial charge in [-0.1, -0.05) is 72.8 Å². The van der Waals surface area contributed by atoms with Crippen LogP contribution in [0, 0.1) is 11.3 Å². The van der Waals surface area contributed by atoms with Gasteiger partial charge in [0.2, 0.25) is 11.8 Å². The molecule has 3 aromatic carbocycles. The van der Waals surface area contributed by atoms with E-state index in [1.807, 2.05) is 42.5 Å². The molecule has 11 heteroatoms. The number of nitrogens with zero attached hydrogens (tertiary/aromatic N) is 1. The lowest BCUT2D eigenvalue weighted by Gasteiger charge is -2.23. The number of nitrogens with one attached hydrogen (secondary N) is 2. The second kappa shape index (κ2) is 18.2. The van der Waals surface area contributed by atoms with Crippen molar-refractivity contribution in [3.8, 4) is 17.2 Å². The molecule has 0 aliphatic heterocycles. The van der Waals surface area contributed by atoms with Crippen LogP contribution in [0.15, 0.2) is 78.9 Å². The van der Waals surface area contributed by atoms with Gasteiger partial charge in [-0.3, -0.25) is 14.4 Å². The average molecular weight is 631 g/mol. The van der Waals surface area contributed by atoms with Gasteiger partial charge in [0.05, 0.1) is 24.8 Å². The van der Waals surface area contributed by atoms with E-state index in [4.69, 9.17) is 15.2 Å². The molecule has 0 saturated carbocycles. The smallest absolute Gasteiger partial charge is 0.333 e. The highest BCUT2D eigenvalue weighted by molar-refractivity contribution is 7.98. The van der Waals surface area contributed by atoms with Gasteiger partial charge in [-0.2, -0.15) is 17.0 Å². The largest absolute Gasteiger partial charge is 0.465 e. The third-order valence-corrected chi connectivity index (χ3v) is 7.84. The van der Waals surface area contributed by atoms with E-state index in [0.29, 0.717) is 16.9 Å².